The molecule has 0 bridgehead atoms. The SMILES string of the molecule is COc1ccc2nc(SCC3(CBr)CCCC3)[nH]c2c1. The Morgan fingerprint density at radius 2 is 2.20 bits per heavy atom. The minimum absolute atomic E-state index is 0.460. The van der Waals surface area contributed by atoms with Crippen molar-refractivity contribution in [3.05, 3.63) is 18.2 Å². The molecule has 1 saturated carbocycles. The Morgan fingerprint density at radius 1 is 1.40 bits per heavy atom. The van der Waals surface area contributed by atoms with Crippen LogP contribution in [0.2, 0.25) is 0 Å². The number of hydrogen-bond donors (Lipinski definition) is 1. The van der Waals surface area contributed by atoms with Crippen molar-refractivity contribution in [2.75, 3.05) is 18.2 Å². The summed E-state index contributed by atoms with van der Waals surface area (Å²) in [7, 11) is 1.69. The van der Waals surface area contributed by atoms with Crippen molar-refractivity contribution in [3.8, 4) is 5.75 Å². The van der Waals surface area contributed by atoms with Crippen molar-refractivity contribution in [2.45, 2.75) is 30.8 Å². The number of aromatic amines is 1. The number of fused-ring (bicyclic) bond motifs is 1. The minimum Gasteiger partial charge on any atom is -0.497 e. The largest absolute Gasteiger partial charge is 0.497 e. The fourth-order valence-corrected chi connectivity index (χ4v) is 5.02. The van der Waals surface area contributed by atoms with E-state index in [1.54, 1.807) is 7.11 Å². The second kappa shape index (κ2) is 5.98. The summed E-state index contributed by atoms with van der Waals surface area (Å²) < 4.78 is 5.25. The average Bonchev–Trinajstić information content (AvgIpc) is 3.11. The van der Waals surface area contributed by atoms with Crippen LogP contribution in [0.4, 0.5) is 0 Å². The van der Waals surface area contributed by atoms with Gasteiger partial charge in [-0.15, -0.1) is 0 Å². The summed E-state index contributed by atoms with van der Waals surface area (Å²) in [6.45, 7) is 0. The number of benzene rings is 1. The van der Waals surface area contributed by atoms with Crippen molar-refractivity contribution in [1.82, 2.24) is 9.97 Å². The number of methoxy groups -OCH3 is 1. The number of nitrogens with zero attached hydrogens (tertiary/aromatic N) is 1. The van der Waals surface area contributed by atoms with Gasteiger partial charge in [0.05, 0.1) is 18.1 Å². The maximum absolute atomic E-state index is 5.25. The number of hydrogen-bond acceptors (Lipinski definition) is 3. The lowest BCUT2D eigenvalue weighted by Crippen LogP contribution is -2.21. The zero-order valence-electron chi connectivity index (χ0n) is 11.6. The Hall–Kier alpha value is -0.680. The second-order valence-electron chi connectivity index (χ2n) is 5.55. The van der Waals surface area contributed by atoms with Crippen molar-refractivity contribution in [1.29, 1.82) is 0 Å². The van der Waals surface area contributed by atoms with Crippen LogP contribution >= 0.6 is 27.7 Å². The van der Waals surface area contributed by atoms with Gasteiger partial charge in [-0.2, -0.15) is 0 Å². The van der Waals surface area contributed by atoms with E-state index in [4.69, 9.17) is 4.74 Å². The quantitative estimate of drug-likeness (QED) is 0.628. The number of ether oxygens (including phenoxy) is 1. The van der Waals surface area contributed by atoms with Gasteiger partial charge in [-0.3, -0.25) is 0 Å². The molecule has 1 fully saturated rings. The van der Waals surface area contributed by atoms with Crippen LogP contribution in [0.1, 0.15) is 25.7 Å². The predicted octanol–water partition coefficient (Wildman–Crippen LogP) is 4.62. The number of H-pyrrole nitrogens is 1. The molecule has 1 aromatic heterocycles. The Morgan fingerprint density at radius 3 is 2.90 bits per heavy atom. The molecule has 0 amide bonds. The van der Waals surface area contributed by atoms with Gasteiger partial charge < -0.3 is 9.72 Å². The summed E-state index contributed by atoms with van der Waals surface area (Å²) in [5.41, 5.74) is 2.51. The molecule has 0 radical (unpaired) electrons. The summed E-state index contributed by atoms with van der Waals surface area (Å²) in [6.07, 6.45) is 5.39. The summed E-state index contributed by atoms with van der Waals surface area (Å²) >= 11 is 5.54. The minimum atomic E-state index is 0.460. The van der Waals surface area contributed by atoms with E-state index in [-0.39, 0.29) is 0 Å². The monoisotopic (exact) mass is 354 g/mol. The van der Waals surface area contributed by atoms with Crippen LogP contribution in [-0.2, 0) is 0 Å². The number of halogens is 1. The Labute approximate surface area is 132 Å². The predicted molar refractivity (Wildman–Crippen MR) is 88.1 cm³/mol. The van der Waals surface area contributed by atoms with Gasteiger partial charge in [0.1, 0.15) is 5.75 Å². The Kier molecular flexibility index (Phi) is 4.26. The number of rotatable bonds is 5. The van der Waals surface area contributed by atoms with Crippen LogP contribution in [0.25, 0.3) is 11.0 Å². The molecule has 0 atom stereocenters. The fourth-order valence-electron chi connectivity index (χ4n) is 2.82. The van der Waals surface area contributed by atoms with Crippen molar-refractivity contribution < 1.29 is 4.74 Å². The van der Waals surface area contributed by atoms with E-state index in [0.717, 1.165) is 33.0 Å². The molecule has 1 aliphatic carbocycles. The van der Waals surface area contributed by atoms with Crippen LogP contribution in [0, 0.1) is 5.41 Å². The summed E-state index contributed by atoms with van der Waals surface area (Å²) in [5, 5.41) is 2.11. The number of imidazole rings is 1. The molecule has 1 N–H and O–H groups in total. The van der Waals surface area contributed by atoms with Gasteiger partial charge in [-0.05, 0) is 30.4 Å². The highest BCUT2D eigenvalue weighted by Gasteiger charge is 2.33. The molecule has 1 aliphatic rings. The van der Waals surface area contributed by atoms with Gasteiger partial charge >= 0.3 is 0 Å². The lowest BCUT2D eigenvalue weighted by atomic mass is 9.92. The lowest BCUT2D eigenvalue weighted by Gasteiger charge is -2.25. The topological polar surface area (TPSA) is 37.9 Å². The highest BCUT2D eigenvalue weighted by atomic mass is 79.9. The van der Waals surface area contributed by atoms with Crippen LogP contribution in [0.3, 0.4) is 0 Å². The van der Waals surface area contributed by atoms with Crippen molar-refractivity contribution in [2.24, 2.45) is 5.41 Å². The molecule has 1 heterocycles. The second-order valence-corrected chi connectivity index (χ2v) is 7.08. The third kappa shape index (κ3) is 2.84. The van der Waals surface area contributed by atoms with Gasteiger partial charge in [0.2, 0.25) is 0 Å². The lowest BCUT2D eigenvalue weighted by molar-refractivity contribution is 0.405. The average molecular weight is 355 g/mol. The molecule has 20 heavy (non-hydrogen) atoms. The first-order valence-corrected chi connectivity index (χ1v) is 9.08. The molecule has 2 aromatic rings. The highest BCUT2D eigenvalue weighted by molar-refractivity contribution is 9.09. The van der Waals surface area contributed by atoms with E-state index in [1.165, 1.54) is 25.7 Å². The third-order valence-electron chi connectivity index (χ3n) is 4.13. The van der Waals surface area contributed by atoms with Crippen LogP contribution < -0.4 is 4.74 Å². The molecule has 3 rings (SSSR count). The van der Waals surface area contributed by atoms with E-state index in [1.807, 2.05) is 30.0 Å². The molecular formula is C15H19BrN2OS. The van der Waals surface area contributed by atoms with E-state index >= 15 is 0 Å². The van der Waals surface area contributed by atoms with Gasteiger partial charge in [0, 0.05) is 17.1 Å². The molecule has 5 heteroatoms. The first-order valence-electron chi connectivity index (χ1n) is 6.97. The van der Waals surface area contributed by atoms with E-state index in [0.29, 0.717) is 5.41 Å². The molecule has 108 valence electrons. The molecule has 0 spiro atoms. The molecular weight excluding hydrogens is 336 g/mol. The van der Waals surface area contributed by atoms with Gasteiger partial charge in [-0.1, -0.05) is 40.5 Å². The van der Waals surface area contributed by atoms with E-state index < -0.39 is 0 Å². The maximum Gasteiger partial charge on any atom is 0.166 e. The zero-order valence-corrected chi connectivity index (χ0v) is 14.0. The summed E-state index contributed by atoms with van der Waals surface area (Å²) in [6, 6.07) is 5.96. The van der Waals surface area contributed by atoms with Crippen LogP contribution in [-0.4, -0.2) is 28.2 Å². The smallest absolute Gasteiger partial charge is 0.166 e. The van der Waals surface area contributed by atoms with E-state index in [2.05, 4.69) is 25.9 Å². The molecule has 0 unspecified atom stereocenters. The van der Waals surface area contributed by atoms with Crippen LogP contribution in [0.5, 0.6) is 5.75 Å². The van der Waals surface area contributed by atoms with Gasteiger partial charge in [-0.25, -0.2) is 4.98 Å². The maximum atomic E-state index is 5.25. The number of alkyl halides is 1. The molecule has 0 saturated heterocycles. The summed E-state index contributed by atoms with van der Waals surface area (Å²) in [5.74, 6) is 2.00. The molecule has 0 aliphatic heterocycles. The number of thioether (sulfide) groups is 1. The first-order chi connectivity index (χ1) is 9.74. The summed E-state index contributed by atoms with van der Waals surface area (Å²) in [4.78, 5) is 8.04. The highest BCUT2D eigenvalue weighted by Crippen LogP contribution is 2.43. The van der Waals surface area contributed by atoms with Gasteiger partial charge in [0.15, 0.2) is 5.16 Å². The number of aromatic nitrogens is 2. The normalized spacial score (nSPS) is 17.7. The molecule has 3 nitrogen and oxygen atoms in total. The fraction of sp³-hybridized carbons (Fsp3) is 0.533. The van der Waals surface area contributed by atoms with E-state index in [9.17, 15) is 0 Å². The third-order valence-corrected chi connectivity index (χ3v) is 6.54. The Balaban J connectivity index is 1.74. The standard InChI is InChI=1S/C15H19BrN2OS/c1-19-11-4-5-12-13(8-11)18-14(17-12)20-10-15(9-16)6-2-3-7-15/h4-5,8H,2-3,6-7,9-10H2,1H3,(H,17,18). The zero-order chi connectivity index (χ0) is 14.0. The number of nitrogens with one attached hydrogen (secondary N) is 1. The Bertz CT molecular complexity index is 593. The van der Waals surface area contributed by atoms with Crippen molar-refractivity contribution >= 4 is 38.7 Å². The van der Waals surface area contributed by atoms with Gasteiger partial charge in [0.25, 0.3) is 0 Å². The molecule has 1 aromatic carbocycles. The van der Waals surface area contributed by atoms with Crippen molar-refractivity contribution in [3.63, 3.8) is 0 Å². The van der Waals surface area contributed by atoms with Crippen LogP contribution in [0.15, 0.2) is 23.4 Å². The first kappa shape index (κ1) is 14.3.